The van der Waals surface area contributed by atoms with Gasteiger partial charge in [0.2, 0.25) is 5.78 Å². The minimum Gasteiger partial charge on any atom is -0.497 e. The van der Waals surface area contributed by atoms with Crippen LogP contribution in [-0.4, -0.2) is 39.1 Å². The van der Waals surface area contributed by atoms with Crippen LogP contribution < -0.4 is 9.47 Å². The van der Waals surface area contributed by atoms with E-state index in [9.17, 15) is 19.5 Å². The van der Waals surface area contributed by atoms with Gasteiger partial charge in [0.25, 0.3) is 0 Å². The molecule has 1 N–H and O–H groups in total. The van der Waals surface area contributed by atoms with Crippen LogP contribution in [-0.2, 0) is 17.8 Å². The highest BCUT2D eigenvalue weighted by atomic mass is 16.5. The van der Waals surface area contributed by atoms with Gasteiger partial charge in [-0.05, 0) is 75.2 Å². The Bertz CT molecular complexity index is 1620. The number of carbonyl (C=O) groups is 3. The molecule has 0 aliphatic heterocycles. The van der Waals surface area contributed by atoms with Gasteiger partial charge < -0.3 is 19.0 Å². The van der Waals surface area contributed by atoms with Gasteiger partial charge in [0.15, 0.2) is 5.78 Å². The number of rotatable bonds is 10. The van der Waals surface area contributed by atoms with Crippen LogP contribution in [0.1, 0.15) is 78.0 Å². The van der Waals surface area contributed by atoms with Crippen LogP contribution in [0, 0.1) is 17.8 Å². The quantitative estimate of drug-likeness (QED) is 0.227. The molecule has 0 spiro atoms. The number of benzene rings is 1. The van der Waals surface area contributed by atoms with E-state index in [1.165, 1.54) is 0 Å². The lowest BCUT2D eigenvalue weighted by Crippen LogP contribution is -2.29. The zero-order chi connectivity index (χ0) is 30.1. The normalized spacial score (nSPS) is 11.9. The first-order valence-electron chi connectivity index (χ1n) is 13.4. The molecule has 4 rings (SSSR count). The number of pyridine rings is 2. The van der Waals surface area contributed by atoms with Crippen LogP contribution in [0.4, 0.5) is 0 Å². The first-order chi connectivity index (χ1) is 19.2. The molecule has 41 heavy (non-hydrogen) atoms. The van der Waals surface area contributed by atoms with E-state index < -0.39 is 16.8 Å². The van der Waals surface area contributed by atoms with E-state index in [4.69, 9.17) is 9.47 Å². The van der Waals surface area contributed by atoms with Crippen molar-refractivity contribution in [2.45, 2.75) is 54.6 Å². The Morgan fingerprint density at radius 2 is 1.63 bits per heavy atom. The first-order valence-corrected chi connectivity index (χ1v) is 13.4. The molecule has 1 aromatic carbocycles. The van der Waals surface area contributed by atoms with Gasteiger partial charge in [-0.2, -0.15) is 0 Å². The largest absolute Gasteiger partial charge is 0.497 e. The van der Waals surface area contributed by atoms with E-state index in [1.54, 1.807) is 88.7 Å². The fraction of sp³-hybridized carbons (Fsp3) is 0.333. The molecule has 8 heteroatoms. The number of methoxy groups -OCH3 is 1. The summed E-state index contributed by atoms with van der Waals surface area (Å²) in [7, 11) is 1.54. The van der Waals surface area contributed by atoms with Crippen molar-refractivity contribution in [3.8, 4) is 11.5 Å². The highest BCUT2D eigenvalue weighted by molar-refractivity contribution is 6.15. The zero-order valence-electron chi connectivity index (χ0n) is 24.6. The average Bonchev–Trinajstić information content (AvgIpc) is 3.22. The van der Waals surface area contributed by atoms with Gasteiger partial charge in [0, 0.05) is 34.5 Å². The molecule has 0 radical (unpaired) electrons. The predicted molar refractivity (Wildman–Crippen MR) is 156 cm³/mol. The smallest absolute Gasteiger partial charge is 0.309 e. The Morgan fingerprint density at radius 1 is 0.951 bits per heavy atom. The Hall–Kier alpha value is -4.46. The molecule has 0 aliphatic carbocycles. The second kappa shape index (κ2) is 11.2. The minimum absolute atomic E-state index is 0.0260. The predicted octanol–water partition coefficient (Wildman–Crippen LogP) is 6.34. The summed E-state index contributed by atoms with van der Waals surface area (Å²) in [4.78, 5) is 44.8. The fourth-order valence-electron chi connectivity index (χ4n) is 4.66. The maximum atomic E-state index is 14.1. The molecule has 0 amide bonds. The van der Waals surface area contributed by atoms with E-state index >= 15 is 0 Å². The number of hydrogen-bond acceptors (Lipinski definition) is 6. The Balaban J connectivity index is 1.95. The lowest BCUT2D eigenvalue weighted by Gasteiger charge is -2.22. The van der Waals surface area contributed by atoms with E-state index in [2.05, 4.69) is 4.98 Å². The van der Waals surface area contributed by atoms with E-state index in [0.717, 1.165) is 11.4 Å². The maximum Gasteiger partial charge on any atom is 0.309 e. The summed E-state index contributed by atoms with van der Waals surface area (Å²) in [6.45, 7) is 10.7. The number of nitrogens with zero attached hydrogens (tertiary/aromatic N) is 2. The van der Waals surface area contributed by atoms with Gasteiger partial charge in [-0.15, -0.1) is 0 Å². The third-order valence-corrected chi connectivity index (χ3v) is 7.02. The summed E-state index contributed by atoms with van der Waals surface area (Å²) in [5.74, 6) is -0.461. The first kappa shape index (κ1) is 29.5. The number of hydrogen-bond donors (Lipinski definition) is 1. The van der Waals surface area contributed by atoms with Crippen LogP contribution in [0.15, 0.2) is 60.8 Å². The van der Waals surface area contributed by atoms with Crippen molar-refractivity contribution in [1.82, 2.24) is 9.38 Å². The number of fused-ring (bicyclic) bond motifs is 1. The van der Waals surface area contributed by atoms with E-state index in [0.29, 0.717) is 33.7 Å². The van der Waals surface area contributed by atoms with Crippen molar-refractivity contribution >= 4 is 23.1 Å². The topological polar surface area (TPSA) is 107 Å². The molecule has 4 aromatic rings. The molecular weight excluding hydrogens is 520 g/mol. The molecule has 214 valence electrons. The van der Waals surface area contributed by atoms with E-state index in [1.807, 2.05) is 25.1 Å². The van der Waals surface area contributed by atoms with Crippen molar-refractivity contribution < 1.29 is 29.0 Å². The highest BCUT2D eigenvalue weighted by Gasteiger charge is 2.37. The molecule has 0 atom stereocenters. The number of aryl methyl sites for hydroxylation is 1. The molecule has 0 aliphatic rings. The van der Waals surface area contributed by atoms with Gasteiger partial charge in [0.05, 0.1) is 29.4 Å². The summed E-state index contributed by atoms with van der Waals surface area (Å²) in [6.07, 6.45) is 1.67. The summed E-state index contributed by atoms with van der Waals surface area (Å²) < 4.78 is 13.0. The van der Waals surface area contributed by atoms with Crippen molar-refractivity contribution in [2.24, 2.45) is 10.8 Å². The van der Waals surface area contributed by atoms with Crippen LogP contribution >= 0.6 is 0 Å². The monoisotopic (exact) mass is 556 g/mol. The number of carbonyl (C=O) groups excluding carboxylic acids is 2. The number of carboxylic acid groups (broad SMARTS) is 1. The Kier molecular flexibility index (Phi) is 8.06. The Morgan fingerprint density at radius 3 is 2.22 bits per heavy atom. The summed E-state index contributed by atoms with van der Waals surface area (Å²) >= 11 is 0. The van der Waals surface area contributed by atoms with Gasteiger partial charge in [-0.3, -0.25) is 19.4 Å². The molecule has 0 fully saturated rings. The van der Waals surface area contributed by atoms with Crippen LogP contribution in [0.2, 0.25) is 0 Å². The zero-order valence-corrected chi connectivity index (χ0v) is 24.6. The van der Waals surface area contributed by atoms with E-state index in [-0.39, 0.29) is 30.3 Å². The molecule has 8 nitrogen and oxygen atoms in total. The van der Waals surface area contributed by atoms with Gasteiger partial charge in [-0.25, -0.2) is 0 Å². The molecule has 3 aromatic heterocycles. The molecule has 0 bridgehead atoms. The SMILES string of the molecule is COc1ccc(C(=O)c2c(CC(C)(C)C(=O)O)c(C(=O)C(C)(C)C)c3cc(OCc4cccc(C)n4)ccn23)cc1. The number of aliphatic carboxylic acids is 1. The van der Waals surface area contributed by atoms with Gasteiger partial charge >= 0.3 is 5.97 Å². The van der Waals surface area contributed by atoms with Crippen molar-refractivity contribution in [1.29, 1.82) is 0 Å². The van der Waals surface area contributed by atoms with Gasteiger partial charge in [-0.1, -0.05) is 26.8 Å². The lowest BCUT2D eigenvalue weighted by molar-refractivity contribution is -0.146. The lowest BCUT2D eigenvalue weighted by atomic mass is 9.79. The Labute approximate surface area is 239 Å². The third-order valence-electron chi connectivity index (χ3n) is 7.02. The maximum absolute atomic E-state index is 14.1. The third kappa shape index (κ3) is 6.16. The van der Waals surface area contributed by atoms with Crippen molar-refractivity contribution in [3.05, 3.63) is 94.6 Å². The average molecular weight is 557 g/mol. The number of carboxylic acids is 1. The second-order valence-corrected chi connectivity index (χ2v) is 11.9. The van der Waals surface area contributed by atoms with Crippen molar-refractivity contribution in [2.75, 3.05) is 7.11 Å². The number of aromatic nitrogens is 2. The molecule has 3 heterocycles. The standard InChI is InChI=1S/C33H36N2O6/c1-20-9-8-10-22(34-20)19-41-24-15-16-35-26(17-24)27(30(37)32(2,3)4)25(18-33(5,6)31(38)39)28(35)29(36)21-11-13-23(40-7)14-12-21/h8-17H,18-19H2,1-7H3,(H,38,39). The summed E-state index contributed by atoms with van der Waals surface area (Å²) in [6, 6.07) is 15.8. The molecule has 0 saturated heterocycles. The summed E-state index contributed by atoms with van der Waals surface area (Å²) in [5.41, 5.74) is 1.42. The molecular formula is C33H36N2O6. The second-order valence-electron chi connectivity index (χ2n) is 11.9. The van der Waals surface area contributed by atoms with Crippen LogP contribution in [0.25, 0.3) is 5.52 Å². The van der Waals surface area contributed by atoms with Crippen LogP contribution in [0.3, 0.4) is 0 Å². The minimum atomic E-state index is -1.25. The number of Topliss-reactive ketones (excluding diaryl/α,β-unsaturated/α-hetero) is 1. The van der Waals surface area contributed by atoms with Crippen LogP contribution in [0.5, 0.6) is 11.5 Å². The summed E-state index contributed by atoms with van der Waals surface area (Å²) in [5, 5.41) is 10.00. The molecule has 0 saturated carbocycles. The van der Waals surface area contributed by atoms with Gasteiger partial charge in [0.1, 0.15) is 18.1 Å². The molecule has 0 unspecified atom stereocenters. The highest BCUT2D eigenvalue weighted by Crippen LogP contribution is 2.37. The number of ether oxygens (including phenoxy) is 2. The fourth-order valence-corrected chi connectivity index (χ4v) is 4.66. The van der Waals surface area contributed by atoms with Crippen molar-refractivity contribution in [3.63, 3.8) is 0 Å². The number of ketones is 2.